The van der Waals surface area contributed by atoms with Crippen molar-refractivity contribution in [3.05, 3.63) is 22.7 Å². The molecule has 0 radical (unpaired) electrons. The van der Waals surface area contributed by atoms with Crippen LogP contribution in [0.2, 0.25) is 0 Å². The van der Waals surface area contributed by atoms with Gasteiger partial charge in [-0.1, -0.05) is 13.3 Å². The van der Waals surface area contributed by atoms with Gasteiger partial charge in [-0.15, -0.1) is 0 Å². The summed E-state index contributed by atoms with van der Waals surface area (Å²) >= 11 is 3.34. The summed E-state index contributed by atoms with van der Waals surface area (Å²) in [6.07, 6.45) is 1.87. The van der Waals surface area contributed by atoms with Crippen LogP contribution in [-0.4, -0.2) is 26.3 Å². The molecule has 0 atom stereocenters. The highest BCUT2D eigenvalue weighted by atomic mass is 79.9. The van der Waals surface area contributed by atoms with Gasteiger partial charge in [0.05, 0.1) is 18.2 Å². The molecule has 18 heavy (non-hydrogen) atoms. The first kappa shape index (κ1) is 14.8. The lowest BCUT2D eigenvalue weighted by Crippen LogP contribution is -2.15. The van der Waals surface area contributed by atoms with Crippen molar-refractivity contribution in [3.63, 3.8) is 0 Å². The van der Waals surface area contributed by atoms with Gasteiger partial charge in [0.1, 0.15) is 11.5 Å². The van der Waals surface area contributed by atoms with Crippen LogP contribution >= 0.6 is 15.9 Å². The highest BCUT2D eigenvalue weighted by Crippen LogP contribution is 2.28. The molecule has 0 bridgehead atoms. The van der Waals surface area contributed by atoms with E-state index >= 15 is 0 Å². The zero-order valence-electron chi connectivity index (χ0n) is 10.6. The van der Waals surface area contributed by atoms with Gasteiger partial charge in [-0.05, 0) is 40.5 Å². The zero-order valence-corrected chi connectivity index (χ0v) is 12.2. The van der Waals surface area contributed by atoms with Crippen molar-refractivity contribution in [2.45, 2.75) is 19.8 Å². The molecule has 1 aromatic rings. The van der Waals surface area contributed by atoms with Crippen LogP contribution in [0.3, 0.4) is 0 Å². The van der Waals surface area contributed by atoms with Gasteiger partial charge in [0.2, 0.25) is 0 Å². The smallest absolute Gasteiger partial charge is 0.344 e. The van der Waals surface area contributed by atoms with E-state index in [1.54, 1.807) is 25.3 Å². The lowest BCUT2D eigenvalue weighted by Gasteiger charge is -2.09. The van der Waals surface area contributed by atoms with E-state index in [1.807, 2.05) is 6.92 Å². The van der Waals surface area contributed by atoms with Crippen molar-refractivity contribution >= 4 is 21.9 Å². The fourth-order valence-electron chi connectivity index (χ4n) is 1.23. The van der Waals surface area contributed by atoms with Crippen LogP contribution in [0.5, 0.6) is 11.5 Å². The van der Waals surface area contributed by atoms with E-state index in [0.29, 0.717) is 12.4 Å². The van der Waals surface area contributed by atoms with Crippen LogP contribution in [0.15, 0.2) is 22.7 Å². The van der Waals surface area contributed by atoms with E-state index in [9.17, 15) is 4.79 Å². The Morgan fingerprint density at radius 2 is 2.17 bits per heavy atom. The van der Waals surface area contributed by atoms with Crippen molar-refractivity contribution in [1.82, 2.24) is 0 Å². The molecule has 0 aliphatic carbocycles. The minimum atomic E-state index is -0.355. The van der Waals surface area contributed by atoms with Crippen LogP contribution in [0.25, 0.3) is 0 Å². The molecule has 100 valence electrons. The Kier molecular flexibility index (Phi) is 6.57. The van der Waals surface area contributed by atoms with Crippen molar-refractivity contribution in [2.24, 2.45) is 0 Å². The average Bonchev–Trinajstić information content (AvgIpc) is 2.37. The predicted octanol–water partition coefficient (Wildman–Crippen LogP) is 3.18. The number of ether oxygens (including phenoxy) is 3. The SMILES string of the molecule is CCCCOC(=O)COc1ccc(OC)cc1Br. The summed E-state index contributed by atoms with van der Waals surface area (Å²) < 4.78 is 16.1. The summed E-state index contributed by atoms with van der Waals surface area (Å²) in [6, 6.07) is 5.28. The molecule has 4 nitrogen and oxygen atoms in total. The Balaban J connectivity index is 2.41. The van der Waals surface area contributed by atoms with E-state index in [1.165, 1.54) is 0 Å². The number of benzene rings is 1. The fraction of sp³-hybridized carbons (Fsp3) is 0.462. The Hall–Kier alpha value is -1.23. The highest BCUT2D eigenvalue weighted by molar-refractivity contribution is 9.10. The van der Waals surface area contributed by atoms with E-state index in [4.69, 9.17) is 14.2 Å². The fourth-order valence-corrected chi connectivity index (χ4v) is 1.71. The number of methoxy groups -OCH3 is 1. The minimum Gasteiger partial charge on any atom is -0.497 e. The van der Waals surface area contributed by atoms with Crippen LogP contribution in [0.1, 0.15) is 19.8 Å². The molecule has 1 aromatic carbocycles. The summed E-state index contributed by atoms with van der Waals surface area (Å²) in [5, 5.41) is 0. The maximum atomic E-state index is 11.3. The summed E-state index contributed by atoms with van der Waals surface area (Å²) in [7, 11) is 1.59. The molecule has 0 saturated heterocycles. The van der Waals surface area contributed by atoms with Crippen molar-refractivity contribution in [3.8, 4) is 11.5 Å². The normalized spacial score (nSPS) is 9.94. The third-order valence-corrected chi connectivity index (χ3v) is 2.87. The maximum Gasteiger partial charge on any atom is 0.344 e. The summed E-state index contributed by atoms with van der Waals surface area (Å²) in [6.45, 7) is 2.40. The van der Waals surface area contributed by atoms with Crippen molar-refractivity contribution in [2.75, 3.05) is 20.3 Å². The largest absolute Gasteiger partial charge is 0.497 e. The van der Waals surface area contributed by atoms with Gasteiger partial charge in [-0.25, -0.2) is 4.79 Å². The first-order valence-electron chi connectivity index (χ1n) is 5.79. The van der Waals surface area contributed by atoms with Gasteiger partial charge >= 0.3 is 5.97 Å². The van der Waals surface area contributed by atoms with E-state index < -0.39 is 0 Å². The molecule has 0 heterocycles. The molecule has 0 saturated carbocycles. The van der Waals surface area contributed by atoms with E-state index in [2.05, 4.69) is 15.9 Å². The third kappa shape index (κ3) is 4.96. The quantitative estimate of drug-likeness (QED) is 0.572. The van der Waals surface area contributed by atoms with Crippen LogP contribution in [0, 0.1) is 0 Å². The van der Waals surface area contributed by atoms with Gasteiger partial charge < -0.3 is 14.2 Å². The maximum absolute atomic E-state index is 11.3. The molecule has 0 fully saturated rings. The van der Waals surface area contributed by atoms with Crippen molar-refractivity contribution in [1.29, 1.82) is 0 Å². The Morgan fingerprint density at radius 1 is 1.39 bits per heavy atom. The number of halogens is 1. The zero-order chi connectivity index (χ0) is 13.4. The van der Waals surface area contributed by atoms with Gasteiger partial charge in [0.25, 0.3) is 0 Å². The molecular weight excluding hydrogens is 300 g/mol. The lowest BCUT2D eigenvalue weighted by atomic mass is 10.3. The second kappa shape index (κ2) is 7.97. The first-order chi connectivity index (χ1) is 8.67. The van der Waals surface area contributed by atoms with E-state index in [0.717, 1.165) is 23.1 Å². The molecular formula is C13H17BrO4. The van der Waals surface area contributed by atoms with Crippen molar-refractivity contribution < 1.29 is 19.0 Å². The monoisotopic (exact) mass is 316 g/mol. The summed E-state index contributed by atoms with van der Waals surface area (Å²) in [4.78, 5) is 11.3. The van der Waals surface area contributed by atoms with Gasteiger partial charge in [-0.2, -0.15) is 0 Å². The number of carbonyl (C=O) groups excluding carboxylic acids is 1. The van der Waals surface area contributed by atoms with Gasteiger partial charge in [0.15, 0.2) is 6.61 Å². The molecule has 0 aliphatic rings. The number of hydrogen-bond acceptors (Lipinski definition) is 4. The molecule has 0 aliphatic heterocycles. The van der Waals surface area contributed by atoms with Gasteiger partial charge in [-0.3, -0.25) is 0 Å². The molecule has 0 N–H and O–H groups in total. The Bertz CT molecular complexity index is 393. The number of carbonyl (C=O) groups is 1. The van der Waals surface area contributed by atoms with Crippen LogP contribution in [-0.2, 0) is 9.53 Å². The summed E-state index contributed by atoms with van der Waals surface area (Å²) in [5.41, 5.74) is 0. The Labute approximate surface area is 115 Å². The third-order valence-electron chi connectivity index (χ3n) is 2.25. The average molecular weight is 317 g/mol. The Morgan fingerprint density at radius 3 is 2.78 bits per heavy atom. The first-order valence-corrected chi connectivity index (χ1v) is 6.58. The van der Waals surface area contributed by atoms with Gasteiger partial charge in [0, 0.05) is 0 Å². The number of hydrogen-bond donors (Lipinski definition) is 0. The number of esters is 1. The molecule has 0 aromatic heterocycles. The lowest BCUT2D eigenvalue weighted by molar-refractivity contribution is -0.146. The second-order valence-corrected chi connectivity index (χ2v) is 4.51. The number of unbranched alkanes of at least 4 members (excludes halogenated alkanes) is 1. The molecule has 1 rings (SSSR count). The molecule has 0 unspecified atom stereocenters. The molecule has 5 heteroatoms. The highest BCUT2D eigenvalue weighted by Gasteiger charge is 2.07. The topological polar surface area (TPSA) is 44.8 Å². The second-order valence-electron chi connectivity index (χ2n) is 3.66. The van der Waals surface area contributed by atoms with E-state index in [-0.39, 0.29) is 12.6 Å². The predicted molar refractivity (Wildman–Crippen MR) is 72.1 cm³/mol. The number of rotatable bonds is 7. The van der Waals surface area contributed by atoms with Crippen LogP contribution in [0.4, 0.5) is 0 Å². The molecule has 0 amide bonds. The minimum absolute atomic E-state index is 0.0886. The summed E-state index contributed by atoms with van der Waals surface area (Å²) in [5.74, 6) is 0.953. The molecule has 0 spiro atoms. The standard InChI is InChI=1S/C13H17BrO4/c1-3-4-7-17-13(15)9-18-12-6-5-10(16-2)8-11(12)14/h5-6,8H,3-4,7,9H2,1-2H3. The van der Waals surface area contributed by atoms with Crippen LogP contribution < -0.4 is 9.47 Å².